The molecule has 4 N–H and O–H groups in total. The zero-order chi connectivity index (χ0) is 20.7. The average molecular weight is 417 g/mol. The van der Waals surface area contributed by atoms with Crippen LogP contribution in [0.2, 0.25) is 0 Å². The highest BCUT2D eigenvalue weighted by Crippen LogP contribution is 2.34. The van der Waals surface area contributed by atoms with Gasteiger partial charge in [0.05, 0.1) is 40.3 Å². The van der Waals surface area contributed by atoms with Crippen molar-refractivity contribution in [3.63, 3.8) is 0 Å². The smallest absolute Gasteiger partial charge is 0.156 e. The number of nitriles is 1. The van der Waals surface area contributed by atoms with E-state index in [2.05, 4.69) is 45.7 Å². The van der Waals surface area contributed by atoms with Gasteiger partial charge in [-0.15, -0.1) is 11.3 Å². The fourth-order valence-corrected chi connectivity index (χ4v) is 4.64. The summed E-state index contributed by atoms with van der Waals surface area (Å²) < 4.78 is 2.00. The average Bonchev–Trinajstić information content (AvgIpc) is 3.43. The first kappa shape index (κ1) is 18.5. The Labute approximate surface area is 176 Å². The molecule has 0 radical (unpaired) electrons. The molecule has 9 heteroatoms. The number of fused-ring (bicyclic) bond motifs is 3. The predicted octanol–water partition coefficient (Wildman–Crippen LogP) is 3.24. The summed E-state index contributed by atoms with van der Waals surface area (Å²) in [6.45, 7) is 3.50. The Hall–Kier alpha value is -3.48. The van der Waals surface area contributed by atoms with E-state index >= 15 is 0 Å². The second kappa shape index (κ2) is 7.09. The maximum absolute atomic E-state index is 9.20. The summed E-state index contributed by atoms with van der Waals surface area (Å²) in [5, 5.41) is 24.9. The molecule has 0 unspecified atom stereocenters. The minimum atomic E-state index is -0.302. The van der Waals surface area contributed by atoms with Crippen molar-refractivity contribution < 1.29 is 0 Å². The van der Waals surface area contributed by atoms with Gasteiger partial charge in [0.1, 0.15) is 11.2 Å². The lowest BCUT2D eigenvalue weighted by molar-refractivity contribution is 0.245. The van der Waals surface area contributed by atoms with Gasteiger partial charge in [-0.1, -0.05) is 0 Å². The Balaban J connectivity index is 1.72. The minimum Gasteiger partial charge on any atom is -0.380 e. The topological polar surface area (TPSA) is 118 Å². The summed E-state index contributed by atoms with van der Waals surface area (Å²) in [6, 6.07) is 8.37. The molecular formula is C21H20N8S. The number of nitrogens with one attached hydrogen (secondary N) is 4. The fourth-order valence-electron chi connectivity index (χ4n) is 3.80. The van der Waals surface area contributed by atoms with Crippen LogP contribution in [0.4, 0.5) is 0 Å². The largest absolute Gasteiger partial charge is 0.380 e. The molecule has 1 fully saturated rings. The van der Waals surface area contributed by atoms with E-state index in [4.69, 9.17) is 10.4 Å². The third-order valence-corrected chi connectivity index (χ3v) is 6.43. The molecule has 0 aliphatic carbocycles. The number of nitrogens with zero attached hydrogens (tertiary/aromatic N) is 4. The SMILES string of the molecule is Cc1ccc(-c2nc3cnc4[nH]ccc4c3n2/C(C=N)=C/NC2(CC#N)CNC2)s1. The molecule has 1 aliphatic heterocycles. The van der Waals surface area contributed by atoms with Gasteiger partial charge in [-0.3, -0.25) is 4.57 Å². The summed E-state index contributed by atoms with van der Waals surface area (Å²) in [6.07, 6.45) is 7.17. The van der Waals surface area contributed by atoms with Crippen LogP contribution >= 0.6 is 11.3 Å². The normalized spacial score (nSPS) is 15.8. The number of rotatable bonds is 6. The zero-order valence-electron chi connectivity index (χ0n) is 16.4. The molecule has 0 aromatic carbocycles. The summed E-state index contributed by atoms with van der Waals surface area (Å²) in [5.41, 5.74) is 2.80. The van der Waals surface area contributed by atoms with Gasteiger partial charge in [-0.25, -0.2) is 9.97 Å². The van der Waals surface area contributed by atoms with Crippen molar-refractivity contribution in [3.05, 3.63) is 41.7 Å². The summed E-state index contributed by atoms with van der Waals surface area (Å²) >= 11 is 1.67. The molecule has 5 heterocycles. The van der Waals surface area contributed by atoms with Crippen LogP contribution in [0.3, 0.4) is 0 Å². The van der Waals surface area contributed by atoms with Crippen LogP contribution in [0.1, 0.15) is 11.3 Å². The van der Waals surface area contributed by atoms with E-state index in [1.807, 2.05) is 23.0 Å². The van der Waals surface area contributed by atoms with Crippen molar-refractivity contribution in [1.29, 1.82) is 10.7 Å². The van der Waals surface area contributed by atoms with Gasteiger partial charge in [0.2, 0.25) is 0 Å². The number of hydrogen-bond acceptors (Lipinski definition) is 7. The Bertz CT molecular complexity index is 1330. The number of allylic oxidation sites excluding steroid dienone is 1. The molecule has 1 aliphatic rings. The van der Waals surface area contributed by atoms with E-state index in [-0.39, 0.29) is 5.54 Å². The van der Waals surface area contributed by atoms with E-state index in [1.54, 1.807) is 17.5 Å². The van der Waals surface area contributed by atoms with E-state index < -0.39 is 0 Å². The third kappa shape index (κ3) is 2.89. The quantitative estimate of drug-likeness (QED) is 0.360. The second-order valence-corrected chi connectivity index (χ2v) is 8.78. The monoisotopic (exact) mass is 416 g/mol. The highest BCUT2D eigenvalue weighted by molar-refractivity contribution is 7.15. The third-order valence-electron chi connectivity index (χ3n) is 5.44. The van der Waals surface area contributed by atoms with Gasteiger partial charge in [0.15, 0.2) is 5.82 Å². The molecule has 5 rings (SSSR count). The van der Waals surface area contributed by atoms with Crippen molar-refractivity contribution in [2.24, 2.45) is 0 Å². The Morgan fingerprint density at radius 3 is 2.97 bits per heavy atom. The molecular weight excluding hydrogens is 396 g/mol. The molecule has 8 nitrogen and oxygen atoms in total. The molecule has 0 saturated carbocycles. The lowest BCUT2D eigenvalue weighted by Crippen LogP contribution is -2.66. The van der Waals surface area contributed by atoms with Gasteiger partial charge < -0.3 is 21.0 Å². The Morgan fingerprint density at radius 1 is 1.43 bits per heavy atom. The van der Waals surface area contributed by atoms with Crippen molar-refractivity contribution in [1.82, 2.24) is 30.2 Å². The van der Waals surface area contributed by atoms with Crippen LogP contribution < -0.4 is 10.6 Å². The number of imidazole rings is 1. The van der Waals surface area contributed by atoms with Crippen molar-refractivity contribution >= 4 is 45.3 Å². The van der Waals surface area contributed by atoms with Crippen LogP contribution in [-0.2, 0) is 0 Å². The van der Waals surface area contributed by atoms with Crippen LogP contribution in [0.5, 0.6) is 0 Å². The van der Waals surface area contributed by atoms with E-state index in [1.165, 1.54) is 11.1 Å². The Kier molecular flexibility index (Phi) is 4.38. The molecule has 150 valence electrons. The number of H-pyrrole nitrogens is 1. The first-order valence-corrected chi connectivity index (χ1v) is 10.4. The standard InChI is InChI=1S/C21H20N8S/c1-13-2-3-17(30-13)20-28-16-10-26-19-15(4-7-25-19)18(16)29(20)14(8-23)9-27-21(5-6-22)11-24-12-21/h2-4,7-10,23-24,27H,5,11-12H2,1H3,(H,25,26)/b14-9+,23-8?. The number of thiophene rings is 1. The number of hydrogen-bond donors (Lipinski definition) is 4. The number of aromatic amines is 1. The summed E-state index contributed by atoms with van der Waals surface area (Å²) in [5.74, 6) is 0.774. The van der Waals surface area contributed by atoms with Crippen molar-refractivity contribution in [2.45, 2.75) is 18.9 Å². The maximum atomic E-state index is 9.20. The highest BCUT2D eigenvalue weighted by Gasteiger charge is 2.35. The number of pyridine rings is 1. The first-order valence-electron chi connectivity index (χ1n) is 9.62. The molecule has 0 spiro atoms. The molecule has 0 amide bonds. The lowest BCUT2D eigenvalue weighted by Gasteiger charge is -2.41. The molecule has 0 atom stereocenters. The lowest BCUT2D eigenvalue weighted by atomic mass is 9.89. The van der Waals surface area contributed by atoms with Gasteiger partial charge in [0.25, 0.3) is 0 Å². The molecule has 1 saturated heterocycles. The fraction of sp³-hybridized carbons (Fsp3) is 0.238. The minimum absolute atomic E-state index is 0.302. The van der Waals surface area contributed by atoms with Gasteiger partial charge in [-0.2, -0.15) is 5.26 Å². The van der Waals surface area contributed by atoms with Gasteiger partial charge in [-0.05, 0) is 25.1 Å². The highest BCUT2D eigenvalue weighted by atomic mass is 32.1. The van der Waals surface area contributed by atoms with E-state index in [0.717, 1.165) is 45.9 Å². The molecule has 0 bridgehead atoms. The van der Waals surface area contributed by atoms with Crippen LogP contribution in [0.15, 0.2) is 36.8 Å². The van der Waals surface area contributed by atoms with E-state index in [0.29, 0.717) is 12.1 Å². The number of aryl methyl sites for hydroxylation is 1. The van der Waals surface area contributed by atoms with E-state index in [9.17, 15) is 5.26 Å². The molecule has 30 heavy (non-hydrogen) atoms. The van der Waals surface area contributed by atoms with Crippen molar-refractivity contribution in [3.8, 4) is 16.8 Å². The number of aromatic nitrogens is 4. The van der Waals surface area contributed by atoms with Gasteiger partial charge >= 0.3 is 0 Å². The summed E-state index contributed by atoms with van der Waals surface area (Å²) in [4.78, 5) is 14.7. The second-order valence-electron chi connectivity index (χ2n) is 7.49. The van der Waals surface area contributed by atoms with Crippen LogP contribution in [-0.4, -0.2) is 44.4 Å². The summed E-state index contributed by atoms with van der Waals surface area (Å²) in [7, 11) is 0. The molecule has 4 aromatic rings. The van der Waals surface area contributed by atoms with Crippen LogP contribution in [0.25, 0.3) is 38.5 Å². The van der Waals surface area contributed by atoms with Crippen LogP contribution in [0, 0.1) is 23.7 Å². The predicted molar refractivity (Wildman–Crippen MR) is 119 cm³/mol. The first-order chi connectivity index (χ1) is 14.6. The Morgan fingerprint density at radius 2 is 2.30 bits per heavy atom. The van der Waals surface area contributed by atoms with Crippen molar-refractivity contribution in [2.75, 3.05) is 13.1 Å². The zero-order valence-corrected chi connectivity index (χ0v) is 17.2. The maximum Gasteiger partial charge on any atom is 0.156 e. The molecule has 4 aromatic heterocycles. The van der Waals surface area contributed by atoms with Gasteiger partial charge in [0, 0.05) is 42.0 Å².